The van der Waals surface area contributed by atoms with E-state index in [-0.39, 0.29) is 24.4 Å². The Hall–Kier alpha value is -1.60. The lowest BCUT2D eigenvalue weighted by Gasteiger charge is -2.30. The maximum absolute atomic E-state index is 12.4. The third-order valence-corrected chi connectivity index (χ3v) is 5.47. The van der Waals surface area contributed by atoms with Crippen molar-refractivity contribution in [3.63, 3.8) is 0 Å². The van der Waals surface area contributed by atoms with Crippen molar-refractivity contribution < 1.29 is 17.9 Å². The number of benzene rings is 1. The van der Waals surface area contributed by atoms with Crippen LogP contribution in [0.3, 0.4) is 0 Å². The second-order valence-corrected chi connectivity index (χ2v) is 7.95. The van der Waals surface area contributed by atoms with Gasteiger partial charge in [-0.1, -0.05) is 12.1 Å². The van der Waals surface area contributed by atoms with Gasteiger partial charge in [0.15, 0.2) is 0 Å². The van der Waals surface area contributed by atoms with Gasteiger partial charge in [0.25, 0.3) is 0 Å². The van der Waals surface area contributed by atoms with Crippen molar-refractivity contribution in [1.82, 2.24) is 9.62 Å². The van der Waals surface area contributed by atoms with Crippen LogP contribution >= 0.6 is 0 Å². The molecule has 1 N–H and O–H groups in total. The molecule has 0 bridgehead atoms. The SMILES string of the molecule is COc1ccc([C@@H](C)NC(=O)[C@@H]2CCCN(S(C)(=O)=O)C2)cc1. The van der Waals surface area contributed by atoms with Crippen molar-refractivity contribution in [2.75, 3.05) is 26.5 Å². The summed E-state index contributed by atoms with van der Waals surface area (Å²) in [5, 5.41) is 2.97. The molecule has 1 aromatic carbocycles. The van der Waals surface area contributed by atoms with E-state index in [4.69, 9.17) is 4.74 Å². The molecule has 1 aromatic rings. The Kier molecular flexibility index (Phi) is 5.64. The minimum absolute atomic E-state index is 0.0957. The normalized spacial score (nSPS) is 20.7. The molecule has 0 aromatic heterocycles. The molecule has 2 atom stereocenters. The van der Waals surface area contributed by atoms with Crippen molar-refractivity contribution in [2.24, 2.45) is 5.92 Å². The molecule has 23 heavy (non-hydrogen) atoms. The summed E-state index contributed by atoms with van der Waals surface area (Å²) in [6.45, 7) is 2.67. The van der Waals surface area contributed by atoms with Crippen LogP contribution in [-0.4, -0.2) is 45.1 Å². The number of methoxy groups -OCH3 is 1. The van der Waals surface area contributed by atoms with Gasteiger partial charge in [-0.3, -0.25) is 4.79 Å². The molecule has 2 rings (SSSR count). The third kappa shape index (κ3) is 4.68. The van der Waals surface area contributed by atoms with Gasteiger partial charge in [0.2, 0.25) is 15.9 Å². The third-order valence-electron chi connectivity index (χ3n) is 4.20. The van der Waals surface area contributed by atoms with E-state index in [9.17, 15) is 13.2 Å². The van der Waals surface area contributed by atoms with E-state index in [1.165, 1.54) is 10.6 Å². The van der Waals surface area contributed by atoms with Crippen LogP contribution in [0, 0.1) is 5.92 Å². The summed E-state index contributed by atoms with van der Waals surface area (Å²) in [6.07, 6.45) is 2.61. The number of amides is 1. The standard InChI is InChI=1S/C16H24N2O4S/c1-12(13-6-8-15(22-2)9-7-13)17-16(19)14-5-4-10-18(11-14)23(3,20)21/h6-9,12,14H,4-5,10-11H2,1-3H3,(H,17,19)/t12-,14-/m1/s1. The van der Waals surface area contributed by atoms with Gasteiger partial charge >= 0.3 is 0 Å². The second-order valence-electron chi connectivity index (χ2n) is 5.96. The van der Waals surface area contributed by atoms with Crippen LogP contribution in [0.1, 0.15) is 31.4 Å². The fourth-order valence-corrected chi connectivity index (χ4v) is 3.68. The van der Waals surface area contributed by atoms with Gasteiger partial charge in [-0.25, -0.2) is 12.7 Å². The van der Waals surface area contributed by atoms with Crippen molar-refractivity contribution in [2.45, 2.75) is 25.8 Å². The van der Waals surface area contributed by atoms with Crippen LogP contribution in [0.4, 0.5) is 0 Å². The predicted octanol–water partition coefficient (Wildman–Crippen LogP) is 1.54. The van der Waals surface area contributed by atoms with Crippen LogP contribution in [0.2, 0.25) is 0 Å². The Bertz CT molecular complexity index is 643. The molecular formula is C16H24N2O4S. The summed E-state index contributed by atoms with van der Waals surface area (Å²) in [6, 6.07) is 7.39. The first kappa shape index (κ1) is 17.7. The summed E-state index contributed by atoms with van der Waals surface area (Å²) in [5.74, 6) is 0.379. The highest BCUT2D eigenvalue weighted by atomic mass is 32.2. The quantitative estimate of drug-likeness (QED) is 0.882. The predicted molar refractivity (Wildman–Crippen MR) is 88.7 cm³/mol. The summed E-state index contributed by atoms with van der Waals surface area (Å²) < 4.78 is 29.8. The molecule has 1 fully saturated rings. The molecule has 0 aliphatic carbocycles. The van der Waals surface area contributed by atoms with E-state index in [2.05, 4.69) is 5.32 Å². The molecule has 1 saturated heterocycles. The van der Waals surface area contributed by atoms with Gasteiger partial charge in [-0.05, 0) is 37.5 Å². The molecule has 1 aliphatic rings. The molecule has 0 radical (unpaired) electrons. The Morgan fingerprint density at radius 2 is 2.00 bits per heavy atom. The molecule has 0 unspecified atom stereocenters. The number of ether oxygens (including phenoxy) is 1. The summed E-state index contributed by atoms with van der Waals surface area (Å²) in [4.78, 5) is 12.4. The molecule has 6 nitrogen and oxygen atoms in total. The molecule has 0 spiro atoms. The largest absolute Gasteiger partial charge is 0.497 e. The van der Waals surface area contributed by atoms with Crippen molar-refractivity contribution in [3.8, 4) is 5.75 Å². The monoisotopic (exact) mass is 340 g/mol. The fraction of sp³-hybridized carbons (Fsp3) is 0.562. The van der Waals surface area contributed by atoms with Crippen molar-refractivity contribution in [3.05, 3.63) is 29.8 Å². The molecule has 1 aliphatic heterocycles. The van der Waals surface area contributed by atoms with Crippen LogP contribution in [0.5, 0.6) is 5.75 Å². The van der Waals surface area contributed by atoms with Gasteiger partial charge in [0.05, 0.1) is 25.3 Å². The molecule has 7 heteroatoms. The second kappa shape index (κ2) is 7.31. The number of hydrogen-bond acceptors (Lipinski definition) is 4. The van der Waals surface area contributed by atoms with Crippen LogP contribution in [-0.2, 0) is 14.8 Å². The summed E-state index contributed by atoms with van der Waals surface area (Å²) in [5.41, 5.74) is 0.981. The first-order valence-electron chi connectivity index (χ1n) is 7.70. The summed E-state index contributed by atoms with van der Waals surface area (Å²) >= 11 is 0. The zero-order chi connectivity index (χ0) is 17.0. The Morgan fingerprint density at radius 3 is 2.57 bits per heavy atom. The number of nitrogens with one attached hydrogen (secondary N) is 1. The minimum atomic E-state index is -3.24. The maximum Gasteiger partial charge on any atom is 0.224 e. The first-order valence-corrected chi connectivity index (χ1v) is 9.55. The Labute approximate surface area is 137 Å². The minimum Gasteiger partial charge on any atom is -0.497 e. The number of hydrogen-bond donors (Lipinski definition) is 1. The van der Waals surface area contributed by atoms with Gasteiger partial charge in [-0.2, -0.15) is 0 Å². The van der Waals surface area contributed by atoms with E-state index >= 15 is 0 Å². The first-order chi connectivity index (χ1) is 10.8. The Morgan fingerprint density at radius 1 is 1.35 bits per heavy atom. The zero-order valence-corrected chi connectivity index (χ0v) is 14.6. The van der Waals surface area contributed by atoms with E-state index in [1.54, 1.807) is 7.11 Å². The summed E-state index contributed by atoms with van der Waals surface area (Å²) in [7, 11) is -1.63. The average molecular weight is 340 g/mol. The van der Waals surface area contributed by atoms with Crippen molar-refractivity contribution in [1.29, 1.82) is 0 Å². The van der Waals surface area contributed by atoms with Crippen LogP contribution in [0.15, 0.2) is 24.3 Å². The van der Waals surface area contributed by atoms with E-state index in [0.29, 0.717) is 19.4 Å². The van der Waals surface area contributed by atoms with Gasteiger partial charge in [0, 0.05) is 13.1 Å². The number of piperidine rings is 1. The number of carbonyl (C=O) groups excluding carboxylic acids is 1. The highest BCUT2D eigenvalue weighted by molar-refractivity contribution is 7.88. The lowest BCUT2D eigenvalue weighted by atomic mass is 9.98. The van der Waals surface area contributed by atoms with E-state index in [1.807, 2.05) is 31.2 Å². The molecular weight excluding hydrogens is 316 g/mol. The number of carbonyl (C=O) groups is 1. The van der Waals surface area contributed by atoms with Crippen LogP contribution in [0.25, 0.3) is 0 Å². The molecule has 0 saturated carbocycles. The number of nitrogens with zero attached hydrogens (tertiary/aromatic N) is 1. The van der Waals surface area contributed by atoms with E-state index < -0.39 is 10.0 Å². The van der Waals surface area contributed by atoms with Crippen molar-refractivity contribution >= 4 is 15.9 Å². The smallest absolute Gasteiger partial charge is 0.224 e. The molecule has 1 amide bonds. The molecule has 128 valence electrons. The number of rotatable bonds is 5. The van der Waals surface area contributed by atoms with Gasteiger partial charge in [-0.15, -0.1) is 0 Å². The number of sulfonamides is 1. The van der Waals surface area contributed by atoms with E-state index in [0.717, 1.165) is 11.3 Å². The topological polar surface area (TPSA) is 75.7 Å². The maximum atomic E-state index is 12.4. The highest BCUT2D eigenvalue weighted by Crippen LogP contribution is 2.21. The zero-order valence-electron chi connectivity index (χ0n) is 13.8. The average Bonchev–Trinajstić information content (AvgIpc) is 2.54. The van der Waals surface area contributed by atoms with Crippen LogP contribution < -0.4 is 10.1 Å². The van der Waals surface area contributed by atoms with Gasteiger partial charge < -0.3 is 10.1 Å². The Balaban J connectivity index is 1.97. The fourth-order valence-electron chi connectivity index (χ4n) is 2.76. The lowest BCUT2D eigenvalue weighted by molar-refractivity contribution is -0.126. The highest BCUT2D eigenvalue weighted by Gasteiger charge is 2.30. The lowest BCUT2D eigenvalue weighted by Crippen LogP contribution is -2.45. The molecule has 1 heterocycles. The van der Waals surface area contributed by atoms with Gasteiger partial charge in [0.1, 0.15) is 5.75 Å².